The summed E-state index contributed by atoms with van der Waals surface area (Å²) in [5.74, 6) is 0.503. The molecule has 1 atom stereocenters. The van der Waals surface area contributed by atoms with Gasteiger partial charge in [0.05, 0.1) is 12.6 Å². The molecule has 3 nitrogen and oxygen atoms in total. The summed E-state index contributed by atoms with van der Waals surface area (Å²) in [4.78, 5) is 0. The molecule has 1 aliphatic carbocycles. The molecular formula is C9H16N2O. The minimum atomic E-state index is -0.00435. The molecule has 0 radical (unpaired) electrons. The summed E-state index contributed by atoms with van der Waals surface area (Å²) in [5, 5.41) is 20.1. The summed E-state index contributed by atoms with van der Waals surface area (Å²) in [7, 11) is 0. The van der Waals surface area contributed by atoms with Gasteiger partial charge in [0, 0.05) is 0 Å². The van der Waals surface area contributed by atoms with Crippen LogP contribution in [0, 0.1) is 17.4 Å². The van der Waals surface area contributed by atoms with Crippen LogP contribution in [0.4, 0.5) is 0 Å². The van der Waals surface area contributed by atoms with Gasteiger partial charge < -0.3 is 10.4 Å². The molecule has 0 aliphatic heterocycles. The van der Waals surface area contributed by atoms with E-state index < -0.39 is 0 Å². The molecule has 0 bridgehead atoms. The predicted octanol–water partition coefficient (Wildman–Crippen LogP) is 0.998. The zero-order valence-electron chi connectivity index (χ0n) is 7.29. The number of aliphatic hydroxyl groups excluding tert-OH is 1. The van der Waals surface area contributed by atoms with E-state index in [1.807, 2.05) is 6.19 Å². The number of nitriles is 1. The lowest BCUT2D eigenvalue weighted by Crippen LogP contribution is -2.37. The number of rotatable bonds is 3. The minimum Gasteiger partial charge on any atom is -0.394 e. The van der Waals surface area contributed by atoms with Gasteiger partial charge in [-0.2, -0.15) is 5.26 Å². The Bertz CT molecular complexity index is 158. The molecule has 3 heteroatoms. The Balaban J connectivity index is 2.36. The van der Waals surface area contributed by atoms with Gasteiger partial charge in [0.1, 0.15) is 0 Å². The molecule has 1 rings (SSSR count). The van der Waals surface area contributed by atoms with Gasteiger partial charge >= 0.3 is 0 Å². The first-order valence-corrected chi connectivity index (χ1v) is 4.64. The number of hydrogen-bond donors (Lipinski definition) is 2. The smallest absolute Gasteiger partial charge is 0.176 e. The van der Waals surface area contributed by atoms with E-state index in [0.717, 1.165) is 12.8 Å². The lowest BCUT2D eigenvalue weighted by molar-refractivity contribution is 0.183. The van der Waals surface area contributed by atoms with Crippen molar-refractivity contribution in [2.24, 2.45) is 5.92 Å². The zero-order valence-corrected chi connectivity index (χ0v) is 7.29. The second kappa shape index (κ2) is 5.00. The van der Waals surface area contributed by atoms with E-state index in [9.17, 15) is 0 Å². The summed E-state index contributed by atoms with van der Waals surface area (Å²) >= 11 is 0. The molecule has 0 saturated heterocycles. The molecule has 0 amide bonds. The van der Waals surface area contributed by atoms with Crippen LogP contribution < -0.4 is 5.32 Å². The van der Waals surface area contributed by atoms with Crippen LogP contribution in [0.1, 0.15) is 32.1 Å². The maximum absolute atomic E-state index is 9.00. The fourth-order valence-electron chi connectivity index (χ4n) is 1.93. The van der Waals surface area contributed by atoms with E-state index >= 15 is 0 Å². The van der Waals surface area contributed by atoms with Gasteiger partial charge in [-0.1, -0.05) is 19.3 Å². The van der Waals surface area contributed by atoms with Crippen LogP contribution in [0.5, 0.6) is 0 Å². The Morgan fingerprint density at radius 2 is 2.08 bits per heavy atom. The van der Waals surface area contributed by atoms with Gasteiger partial charge in [0.2, 0.25) is 0 Å². The highest BCUT2D eigenvalue weighted by Gasteiger charge is 2.22. The standard InChI is InChI=1S/C9H16N2O/c10-7-11-9(6-12)8-4-2-1-3-5-8/h8-9,11-12H,1-6H2. The second-order valence-electron chi connectivity index (χ2n) is 3.44. The van der Waals surface area contributed by atoms with E-state index in [4.69, 9.17) is 10.4 Å². The van der Waals surface area contributed by atoms with E-state index in [1.165, 1.54) is 19.3 Å². The van der Waals surface area contributed by atoms with E-state index in [1.54, 1.807) is 0 Å². The second-order valence-corrected chi connectivity index (χ2v) is 3.44. The van der Waals surface area contributed by atoms with E-state index in [0.29, 0.717) is 5.92 Å². The van der Waals surface area contributed by atoms with Crippen LogP contribution in [0.25, 0.3) is 0 Å². The summed E-state index contributed by atoms with van der Waals surface area (Å²) in [5.41, 5.74) is 0. The summed E-state index contributed by atoms with van der Waals surface area (Å²) in [6.45, 7) is 0.0816. The van der Waals surface area contributed by atoms with Crippen LogP contribution in [0.3, 0.4) is 0 Å². The quantitative estimate of drug-likeness (QED) is 0.488. The topological polar surface area (TPSA) is 56.0 Å². The fourth-order valence-corrected chi connectivity index (χ4v) is 1.93. The maximum atomic E-state index is 9.00. The van der Waals surface area contributed by atoms with Crippen molar-refractivity contribution in [2.75, 3.05) is 6.61 Å². The van der Waals surface area contributed by atoms with Gasteiger partial charge in [-0.15, -0.1) is 0 Å². The van der Waals surface area contributed by atoms with Crippen molar-refractivity contribution in [3.63, 3.8) is 0 Å². The van der Waals surface area contributed by atoms with Gasteiger partial charge in [-0.25, -0.2) is 0 Å². The Morgan fingerprint density at radius 3 is 2.58 bits per heavy atom. The van der Waals surface area contributed by atoms with Crippen molar-refractivity contribution in [3.05, 3.63) is 0 Å². The van der Waals surface area contributed by atoms with Gasteiger partial charge in [-0.05, 0) is 18.8 Å². The molecule has 1 unspecified atom stereocenters. The third-order valence-corrected chi connectivity index (χ3v) is 2.67. The molecule has 0 aromatic carbocycles. The molecule has 68 valence electrons. The Morgan fingerprint density at radius 1 is 1.42 bits per heavy atom. The highest BCUT2D eigenvalue weighted by Crippen LogP contribution is 2.26. The van der Waals surface area contributed by atoms with Crippen molar-refractivity contribution in [1.29, 1.82) is 5.26 Å². The molecular weight excluding hydrogens is 152 g/mol. The highest BCUT2D eigenvalue weighted by atomic mass is 16.3. The van der Waals surface area contributed by atoms with E-state index in [2.05, 4.69) is 5.32 Å². The monoisotopic (exact) mass is 168 g/mol. The minimum absolute atomic E-state index is 0.00435. The molecule has 1 fully saturated rings. The van der Waals surface area contributed by atoms with Crippen LogP contribution in [0.15, 0.2) is 0 Å². The normalized spacial score (nSPS) is 21.3. The van der Waals surface area contributed by atoms with Crippen LogP contribution in [-0.2, 0) is 0 Å². The van der Waals surface area contributed by atoms with Crippen LogP contribution in [-0.4, -0.2) is 17.8 Å². The van der Waals surface area contributed by atoms with Gasteiger partial charge in [0.25, 0.3) is 0 Å². The molecule has 0 aromatic rings. The molecule has 0 spiro atoms. The summed E-state index contributed by atoms with van der Waals surface area (Å²) in [6, 6.07) is -0.00435. The largest absolute Gasteiger partial charge is 0.394 e. The Labute approximate surface area is 73.4 Å². The SMILES string of the molecule is N#CNC(CO)C1CCCCC1. The molecule has 1 saturated carbocycles. The number of nitrogens with zero attached hydrogens (tertiary/aromatic N) is 1. The number of hydrogen-bond acceptors (Lipinski definition) is 3. The molecule has 0 heterocycles. The first-order chi connectivity index (χ1) is 5.88. The Kier molecular flexibility index (Phi) is 3.89. The van der Waals surface area contributed by atoms with Crippen molar-refractivity contribution >= 4 is 0 Å². The average Bonchev–Trinajstić information content (AvgIpc) is 2.15. The van der Waals surface area contributed by atoms with Crippen LogP contribution in [0.2, 0.25) is 0 Å². The van der Waals surface area contributed by atoms with Crippen molar-refractivity contribution in [1.82, 2.24) is 5.32 Å². The molecule has 1 aliphatic rings. The lowest BCUT2D eigenvalue weighted by Gasteiger charge is -2.27. The molecule has 0 aromatic heterocycles. The van der Waals surface area contributed by atoms with E-state index in [-0.39, 0.29) is 12.6 Å². The molecule has 2 N–H and O–H groups in total. The Hall–Kier alpha value is -0.750. The van der Waals surface area contributed by atoms with Crippen molar-refractivity contribution in [3.8, 4) is 6.19 Å². The van der Waals surface area contributed by atoms with Crippen molar-refractivity contribution < 1.29 is 5.11 Å². The van der Waals surface area contributed by atoms with Crippen LogP contribution >= 0.6 is 0 Å². The average molecular weight is 168 g/mol. The first kappa shape index (κ1) is 9.34. The van der Waals surface area contributed by atoms with Gasteiger partial charge in [0.15, 0.2) is 6.19 Å². The lowest BCUT2D eigenvalue weighted by atomic mass is 9.84. The van der Waals surface area contributed by atoms with Gasteiger partial charge in [-0.3, -0.25) is 0 Å². The third-order valence-electron chi connectivity index (χ3n) is 2.67. The summed E-state index contributed by atoms with van der Waals surface area (Å²) in [6.07, 6.45) is 8.01. The maximum Gasteiger partial charge on any atom is 0.176 e. The number of nitrogens with one attached hydrogen (secondary N) is 1. The zero-order chi connectivity index (χ0) is 8.81. The summed E-state index contributed by atoms with van der Waals surface area (Å²) < 4.78 is 0. The fraction of sp³-hybridized carbons (Fsp3) is 0.889. The highest BCUT2D eigenvalue weighted by molar-refractivity contribution is 4.83. The third kappa shape index (κ3) is 2.38. The number of aliphatic hydroxyl groups is 1. The van der Waals surface area contributed by atoms with Crippen molar-refractivity contribution in [2.45, 2.75) is 38.1 Å². The molecule has 12 heavy (non-hydrogen) atoms. The first-order valence-electron chi connectivity index (χ1n) is 4.64. The predicted molar refractivity (Wildman–Crippen MR) is 46.2 cm³/mol.